The van der Waals surface area contributed by atoms with Gasteiger partial charge in [-0.1, -0.05) is 0 Å². The van der Waals surface area contributed by atoms with Crippen LogP contribution in [0.1, 0.15) is 18.4 Å². The molecule has 124 valence electrons. The van der Waals surface area contributed by atoms with E-state index in [9.17, 15) is 16.8 Å². The predicted octanol–water partition coefficient (Wildman–Crippen LogP) is 0.0149. The van der Waals surface area contributed by atoms with Gasteiger partial charge in [0.1, 0.15) is 0 Å². The number of nitrogens with two attached hydrogens (primary N) is 1. The number of aryl methyl sites for hydroxylation is 1. The Balaban J connectivity index is 2.39. The first-order valence-electron chi connectivity index (χ1n) is 6.98. The third-order valence-electron chi connectivity index (χ3n) is 3.76. The lowest BCUT2D eigenvalue weighted by Crippen LogP contribution is -2.45. The summed E-state index contributed by atoms with van der Waals surface area (Å²) in [6.45, 7) is 2.30. The molecule has 9 heteroatoms. The van der Waals surface area contributed by atoms with Crippen molar-refractivity contribution in [2.45, 2.75) is 35.6 Å². The van der Waals surface area contributed by atoms with Gasteiger partial charge in [-0.2, -0.15) is 4.31 Å². The molecule has 1 fully saturated rings. The molecule has 0 radical (unpaired) electrons. The molecule has 0 aromatic heterocycles. The third kappa shape index (κ3) is 3.33. The van der Waals surface area contributed by atoms with E-state index in [1.807, 2.05) is 0 Å². The Hall–Kier alpha value is -1.00. The van der Waals surface area contributed by atoms with Crippen LogP contribution >= 0.6 is 0 Å². The van der Waals surface area contributed by atoms with Gasteiger partial charge < -0.3 is 5.73 Å². The zero-order chi connectivity index (χ0) is 16.5. The van der Waals surface area contributed by atoms with Crippen molar-refractivity contribution in [2.75, 3.05) is 20.1 Å². The van der Waals surface area contributed by atoms with Gasteiger partial charge in [-0.15, -0.1) is 0 Å². The number of nitrogens with one attached hydrogen (secondary N) is 1. The molecule has 1 saturated heterocycles. The largest absolute Gasteiger partial charge is 0.327 e. The van der Waals surface area contributed by atoms with E-state index in [0.717, 1.165) is 12.8 Å². The fourth-order valence-corrected chi connectivity index (χ4v) is 5.11. The monoisotopic (exact) mass is 347 g/mol. The van der Waals surface area contributed by atoms with Gasteiger partial charge in [0.05, 0.1) is 9.79 Å². The third-order valence-corrected chi connectivity index (χ3v) is 7.20. The summed E-state index contributed by atoms with van der Waals surface area (Å²) in [5, 5.41) is 0. The van der Waals surface area contributed by atoms with Gasteiger partial charge in [0.25, 0.3) is 0 Å². The van der Waals surface area contributed by atoms with Crippen LogP contribution in [0.15, 0.2) is 28.0 Å². The maximum atomic E-state index is 12.6. The lowest BCUT2D eigenvalue weighted by atomic mass is 10.1. The minimum atomic E-state index is -3.65. The molecule has 1 aliphatic rings. The fourth-order valence-electron chi connectivity index (χ4n) is 2.54. The average molecular weight is 347 g/mol. The SMILES string of the molecule is CNS(=O)(=O)c1ccc(S(=O)(=O)N2CCCC(N)C2)cc1C. The van der Waals surface area contributed by atoms with Crippen LogP contribution in [0.25, 0.3) is 0 Å². The Morgan fingerprint density at radius 3 is 2.50 bits per heavy atom. The summed E-state index contributed by atoms with van der Waals surface area (Å²) in [6, 6.07) is 3.87. The molecule has 0 saturated carbocycles. The molecule has 1 unspecified atom stereocenters. The number of rotatable bonds is 4. The number of nitrogens with zero attached hydrogens (tertiary/aromatic N) is 1. The summed E-state index contributed by atoms with van der Waals surface area (Å²) in [5.41, 5.74) is 6.22. The van der Waals surface area contributed by atoms with Crippen molar-refractivity contribution in [2.24, 2.45) is 5.73 Å². The predicted molar refractivity (Wildman–Crippen MR) is 83.4 cm³/mol. The highest BCUT2D eigenvalue weighted by atomic mass is 32.2. The van der Waals surface area contributed by atoms with Gasteiger partial charge in [-0.25, -0.2) is 21.6 Å². The summed E-state index contributed by atoms with van der Waals surface area (Å²) in [5.74, 6) is 0. The molecular formula is C13H21N3O4S2. The standard InChI is InChI=1S/C13H21N3O4S2/c1-10-8-12(5-6-13(10)21(17,18)15-2)22(19,20)16-7-3-4-11(14)9-16/h5-6,8,11,15H,3-4,7,9,14H2,1-2H3. The molecule has 7 nitrogen and oxygen atoms in total. The van der Waals surface area contributed by atoms with Gasteiger partial charge >= 0.3 is 0 Å². The maximum absolute atomic E-state index is 12.6. The summed E-state index contributed by atoms with van der Waals surface area (Å²) < 4.78 is 52.5. The molecule has 1 aromatic rings. The molecule has 0 amide bonds. The van der Waals surface area contributed by atoms with Gasteiger partial charge in [0, 0.05) is 19.1 Å². The quantitative estimate of drug-likeness (QED) is 0.798. The summed E-state index contributed by atoms with van der Waals surface area (Å²) in [6.07, 6.45) is 1.54. The van der Waals surface area contributed by atoms with Crippen molar-refractivity contribution in [3.63, 3.8) is 0 Å². The minimum absolute atomic E-state index is 0.0734. The topological polar surface area (TPSA) is 110 Å². The molecule has 0 spiro atoms. The summed E-state index contributed by atoms with van der Waals surface area (Å²) in [4.78, 5) is 0.165. The van der Waals surface area contributed by atoms with Crippen LogP contribution in [0.4, 0.5) is 0 Å². The van der Waals surface area contributed by atoms with Crippen molar-refractivity contribution in [3.05, 3.63) is 23.8 Å². The smallest absolute Gasteiger partial charge is 0.243 e. The molecule has 0 bridgehead atoms. The molecule has 1 heterocycles. The fraction of sp³-hybridized carbons (Fsp3) is 0.538. The Morgan fingerprint density at radius 2 is 1.95 bits per heavy atom. The summed E-state index contributed by atoms with van der Waals surface area (Å²) >= 11 is 0. The van der Waals surface area contributed by atoms with Crippen molar-refractivity contribution in [1.82, 2.24) is 9.03 Å². The van der Waals surface area contributed by atoms with Crippen molar-refractivity contribution in [3.8, 4) is 0 Å². The summed E-state index contributed by atoms with van der Waals surface area (Å²) in [7, 11) is -5.94. The van der Waals surface area contributed by atoms with E-state index in [2.05, 4.69) is 4.72 Å². The molecule has 3 N–H and O–H groups in total. The molecule has 2 rings (SSSR count). The molecule has 1 atom stereocenters. The molecular weight excluding hydrogens is 326 g/mol. The second kappa shape index (κ2) is 6.25. The number of hydrogen-bond donors (Lipinski definition) is 2. The van der Waals surface area contributed by atoms with Crippen molar-refractivity contribution < 1.29 is 16.8 Å². The maximum Gasteiger partial charge on any atom is 0.243 e. The second-order valence-electron chi connectivity index (χ2n) is 5.40. The van der Waals surface area contributed by atoms with E-state index in [1.54, 1.807) is 6.92 Å². The Bertz CT molecular complexity index is 759. The molecule has 0 aliphatic carbocycles. The molecule has 1 aliphatic heterocycles. The van der Waals surface area contributed by atoms with Crippen LogP contribution in [-0.4, -0.2) is 47.3 Å². The normalized spacial score (nSPS) is 21.0. The highest BCUT2D eigenvalue weighted by molar-refractivity contribution is 7.89. The van der Waals surface area contributed by atoms with Crippen LogP contribution in [0.3, 0.4) is 0 Å². The zero-order valence-electron chi connectivity index (χ0n) is 12.6. The Kier molecular flexibility index (Phi) is 4.93. The van der Waals surface area contributed by atoms with E-state index >= 15 is 0 Å². The number of piperidine rings is 1. The van der Waals surface area contributed by atoms with Crippen molar-refractivity contribution in [1.29, 1.82) is 0 Å². The van der Waals surface area contributed by atoms with Crippen LogP contribution < -0.4 is 10.5 Å². The first-order chi connectivity index (χ1) is 10.2. The average Bonchev–Trinajstić information content (AvgIpc) is 2.46. The Labute approximate surface area is 131 Å². The van der Waals surface area contributed by atoms with E-state index < -0.39 is 20.0 Å². The van der Waals surface area contributed by atoms with Crippen molar-refractivity contribution >= 4 is 20.0 Å². The zero-order valence-corrected chi connectivity index (χ0v) is 14.2. The van der Waals surface area contributed by atoms with Crippen LogP contribution in [-0.2, 0) is 20.0 Å². The first kappa shape index (κ1) is 17.4. The van der Waals surface area contributed by atoms with E-state index in [0.29, 0.717) is 12.1 Å². The number of sulfonamides is 2. The first-order valence-corrected chi connectivity index (χ1v) is 9.91. The highest BCUT2D eigenvalue weighted by Gasteiger charge is 2.29. The van der Waals surface area contributed by atoms with Gasteiger partial charge in [-0.05, 0) is 50.6 Å². The van der Waals surface area contributed by atoms with Crippen LogP contribution in [0.5, 0.6) is 0 Å². The van der Waals surface area contributed by atoms with Crippen LogP contribution in [0.2, 0.25) is 0 Å². The molecule has 22 heavy (non-hydrogen) atoms. The lowest BCUT2D eigenvalue weighted by molar-refractivity contribution is 0.316. The van der Waals surface area contributed by atoms with E-state index in [-0.39, 0.29) is 22.4 Å². The molecule has 1 aromatic carbocycles. The van der Waals surface area contributed by atoms with Gasteiger partial charge in [-0.3, -0.25) is 0 Å². The number of benzene rings is 1. The second-order valence-corrected chi connectivity index (χ2v) is 9.19. The van der Waals surface area contributed by atoms with Gasteiger partial charge in [0.15, 0.2) is 0 Å². The lowest BCUT2D eigenvalue weighted by Gasteiger charge is -2.30. The van der Waals surface area contributed by atoms with Crippen LogP contribution in [0, 0.1) is 6.92 Å². The number of hydrogen-bond acceptors (Lipinski definition) is 5. The Morgan fingerprint density at radius 1 is 1.27 bits per heavy atom. The van der Waals surface area contributed by atoms with E-state index in [1.165, 1.54) is 29.6 Å². The minimum Gasteiger partial charge on any atom is -0.327 e. The highest BCUT2D eigenvalue weighted by Crippen LogP contribution is 2.24. The van der Waals surface area contributed by atoms with Gasteiger partial charge in [0.2, 0.25) is 20.0 Å². The van der Waals surface area contributed by atoms with E-state index in [4.69, 9.17) is 5.73 Å².